The average Bonchev–Trinajstić information content (AvgIpc) is 2.72. The lowest BCUT2D eigenvalue weighted by Gasteiger charge is -2.26. The highest BCUT2D eigenvalue weighted by atomic mass is 35.5. The molecule has 19 heavy (non-hydrogen) atoms. The van der Waals surface area contributed by atoms with Gasteiger partial charge in [-0.2, -0.15) is 0 Å². The minimum absolute atomic E-state index is 0.0369. The lowest BCUT2D eigenvalue weighted by Crippen LogP contribution is -2.28. The zero-order valence-corrected chi connectivity index (χ0v) is 11.9. The number of nitrogens with zero attached hydrogens (tertiary/aromatic N) is 2. The van der Waals surface area contributed by atoms with Crippen LogP contribution in [0.25, 0.3) is 0 Å². The van der Waals surface area contributed by atoms with Crippen LogP contribution < -0.4 is 10.6 Å². The van der Waals surface area contributed by atoms with Gasteiger partial charge >= 0.3 is 0 Å². The third kappa shape index (κ3) is 2.67. The predicted octanol–water partition coefficient (Wildman–Crippen LogP) is 2.73. The Hall–Kier alpha value is -1.33. The molecule has 1 heterocycles. The van der Waals surface area contributed by atoms with Crippen LogP contribution in [-0.2, 0) is 0 Å². The van der Waals surface area contributed by atoms with Crippen LogP contribution >= 0.6 is 11.6 Å². The van der Waals surface area contributed by atoms with Gasteiger partial charge in [-0.1, -0.05) is 11.6 Å². The maximum absolute atomic E-state index is 10.9. The molecule has 2 unspecified atom stereocenters. The number of hydrogen-bond acceptors (Lipinski definition) is 4. The zero-order chi connectivity index (χ0) is 14.2. The molecule has 1 aromatic rings. The summed E-state index contributed by atoms with van der Waals surface area (Å²) in [5.41, 5.74) is 7.54. The van der Waals surface area contributed by atoms with Crippen molar-refractivity contribution in [3.05, 3.63) is 32.8 Å². The number of aryl methyl sites for hydroxylation is 1. The molecule has 2 rings (SSSR count). The molecule has 0 amide bonds. The summed E-state index contributed by atoms with van der Waals surface area (Å²) in [7, 11) is 0. The van der Waals surface area contributed by atoms with Gasteiger partial charge in [-0.25, -0.2) is 0 Å². The molecule has 5 nitrogen and oxygen atoms in total. The standard InChI is InChI=1S/C13H18ClN3O2/c1-8-3-13(17(18)19)11(14)5-12(8)16-7-10(6-15)4-9(16)2/h3,5,9-10H,4,6-7,15H2,1-2H3. The molecule has 0 bridgehead atoms. The molecule has 1 aliphatic rings. The zero-order valence-electron chi connectivity index (χ0n) is 11.1. The predicted molar refractivity (Wildman–Crippen MR) is 76.8 cm³/mol. The van der Waals surface area contributed by atoms with Gasteiger partial charge in [-0.05, 0) is 44.4 Å². The maximum atomic E-state index is 10.9. The number of hydrogen-bond donors (Lipinski definition) is 1. The number of benzene rings is 1. The second-order valence-corrected chi connectivity index (χ2v) is 5.59. The molecular formula is C13H18ClN3O2. The van der Waals surface area contributed by atoms with Crippen molar-refractivity contribution in [1.82, 2.24) is 0 Å². The Morgan fingerprint density at radius 1 is 1.58 bits per heavy atom. The normalized spacial score (nSPS) is 22.8. The van der Waals surface area contributed by atoms with E-state index in [4.69, 9.17) is 17.3 Å². The fraction of sp³-hybridized carbons (Fsp3) is 0.538. The molecule has 104 valence electrons. The third-order valence-corrected chi connectivity index (χ3v) is 4.07. The van der Waals surface area contributed by atoms with Gasteiger partial charge in [0.25, 0.3) is 5.69 Å². The first-order chi connectivity index (χ1) is 8.93. The van der Waals surface area contributed by atoms with Crippen LogP contribution in [0.1, 0.15) is 18.9 Å². The minimum Gasteiger partial charge on any atom is -0.368 e. The summed E-state index contributed by atoms with van der Waals surface area (Å²) in [4.78, 5) is 12.6. The van der Waals surface area contributed by atoms with E-state index < -0.39 is 4.92 Å². The lowest BCUT2D eigenvalue weighted by atomic mass is 10.1. The molecule has 0 spiro atoms. The van der Waals surface area contributed by atoms with Gasteiger partial charge < -0.3 is 10.6 Å². The SMILES string of the molecule is Cc1cc([N+](=O)[O-])c(Cl)cc1N1CC(CN)CC1C. The molecule has 1 aromatic carbocycles. The first kappa shape index (κ1) is 14.1. The van der Waals surface area contributed by atoms with Crippen molar-refractivity contribution in [1.29, 1.82) is 0 Å². The van der Waals surface area contributed by atoms with Crippen molar-refractivity contribution in [2.24, 2.45) is 11.7 Å². The summed E-state index contributed by atoms with van der Waals surface area (Å²) in [5, 5.41) is 11.0. The van der Waals surface area contributed by atoms with Gasteiger partial charge in [0.15, 0.2) is 0 Å². The highest BCUT2D eigenvalue weighted by molar-refractivity contribution is 6.33. The van der Waals surface area contributed by atoms with Crippen LogP contribution in [0.15, 0.2) is 12.1 Å². The molecule has 1 aliphatic heterocycles. The second-order valence-electron chi connectivity index (χ2n) is 5.19. The van der Waals surface area contributed by atoms with Crippen molar-refractivity contribution in [3.8, 4) is 0 Å². The fourth-order valence-corrected chi connectivity index (χ4v) is 2.98. The Balaban J connectivity index is 2.36. The molecule has 0 saturated carbocycles. The van der Waals surface area contributed by atoms with E-state index in [-0.39, 0.29) is 10.7 Å². The van der Waals surface area contributed by atoms with Gasteiger partial charge in [0.2, 0.25) is 0 Å². The Morgan fingerprint density at radius 3 is 2.79 bits per heavy atom. The molecule has 0 aromatic heterocycles. The summed E-state index contributed by atoms with van der Waals surface area (Å²) in [5.74, 6) is 0.475. The molecular weight excluding hydrogens is 266 g/mol. The van der Waals surface area contributed by atoms with Gasteiger partial charge in [0.1, 0.15) is 5.02 Å². The molecule has 2 N–H and O–H groups in total. The Bertz CT molecular complexity index is 507. The summed E-state index contributed by atoms with van der Waals surface area (Å²) < 4.78 is 0. The van der Waals surface area contributed by atoms with Crippen molar-refractivity contribution >= 4 is 23.0 Å². The lowest BCUT2D eigenvalue weighted by molar-refractivity contribution is -0.384. The fourth-order valence-electron chi connectivity index (χ4n) is 2.75. The summed E-state index contributed by atoms with van der Waals surface area (Å²) in [6.07, 6.45) is 1.05. The smallest absolute Gasteiger partial charge is 0.288 e. The summed E-state index contributed by atoms with van der Waals surface area (Å²) in [6.45, 7) is 5.57. The van der Waals surface area contributed by atoms with Gasteiger partial charge in [0, 0.05) is 24.3 Å². The highest BCUT2D eigenvalue weighted by Crippen LogP contribution is 2.36. The Morgan fingerprint density at radius 2 is 2.26 bits per heavy atom. The van der Waals surface area contributed by atoms with E-state index in [1.54, 1.807) is 12.1 Å². The van der Waals surface area contributed by atoms with E-state index in [1.165, 1.54) is 0 Å². The van der Waals surface area contributed by atoms with E-state index >= 15 is 0 Å². The molecule has 2 atom stereocenters. The number of anilines is 1. The highest BCUT2D eigenvalue weighted by Gasteiger charge is 2.30. The monoisotopic (exact) mass is 283 g/mol. The molecule has 6 heteroatoms. The van der Waals surface area contributed by atoms with Gasteiger partial charge in [-0.3, -0.25) is 10.1 Å². The van der Waals surface area contributed by atoms with Crippen molar-refractivity contribution in [2.45, 2.75) is 26.3 Å². The topological polar surface area (TPSA) is 72.4 Å². The molecule has 1 fully saturated rings. The largest absolute Gasteiger partial charge is 0.368 e. The molecule has 1 saturated heterocycles. The van der Waals surface area contributed by atoms with Gasteiger partial charge in [-0.15, -0.1) is 0 Å². The number of nitro benzene ring substituents is 1. The first-order valence-electron chi connectivity index (χ1n) is 6.35. The number of rotatable bonds is 3. The van der Waals surface area contributed by atoms with Crippen molar-refractivity contribution in [3.63, 3.8) is 0 Å². The number of nitrogens with two attached hydrogens (primary N) is 1. The average molecular weight is 284 g/mol. The van der Waals surface area contributed by atoms with Crippen LogP contribution in [0.2, 0.25) is 5.02 Å². The van der Waals surface area contributed by atoms with Crippen LogP contribution in [0, 0.1) is 23.0 Å². The summed E-state index contributed by atoms with van der Waals surface area (Å²) in [6, 6.07) is 3.62. The van der Waals surface area contributed by atoms with E-state index in [9.17, 15) is 10.1 Å². The van der Waals surface area contributed by atoms with Crippen LogP contribution in [0.5, 0.6) is 0 Å². The Kier molecular flexibility index (Phi) is 3.96. The molecule has 0 aliphatic carbocycles. The maximum Gasteiger partial charge on any atom is 0.288 e. The molecule has 0 radical (unpaired) electrons. The first-order valence-corrected chi connectivity index (χ1v) is 6.73. The van der Waals surface area contributed by atoms with Gasteiger partial charge in [0.05, 0.1) is 4.92 Å². The van der Waals surface area contributed by atoms with Crippen molar-refractivity contribution < 1.29 is 4.92 Å². The van der Waals surface area contributed by atoms with Crippen LogP contribution in [0.3, 0.4) is 0 Å². The van der Waals surface area contributed by atoms with E-state index in [0.717, 1.165) is 24.2 Å². The minimum atomic E-state index is -0.449. The second kappa shape index (κ2) is 5.35. The van der Waals surface area contributed by atoms with Crippen molar-refractivity contribution in [2.75, 3.05) is 18.0 Å². The van der Waals surface area contributed by atoms with Crippen LogP contribution in [0.4, 0.5) is 11.4 Å². The number of nitro groups is 1. The Labute approximate surface area is 117 Å². The third-order valence-electron chi connectivity index (χ3n) is 3.77. The van der Waals surface area contributed by atoms with E-state index in [2.05, 4.69) is 11.8 Å². The van der Waals surface area contributed by atoms with Crippen LogP contribution in [-0.4, -0.2) is 24.1 Å². The van der Waals surface area contributed by atoms with E-state index in [1.807, 2.05) is 6.92 Å². The quantitative estimate of drug-likeness (QED) is 0.684. The number of halogens is 1. The summed E-state index contributed by atoms with van der Waals surface area (Å²) >= 11 is 6.00. The van der Waals surface area contributed by atoms with E-state index in [0.29, 0.717) is 18.5 Å².